The number of nitrogens with zero attached hydrogens (tertiary/aromatic N) is 1. The highest BCUT2D eigenvalue weighted by molar-refractivity contribution is 6.08. The van der Waals surface area contributed by atoms with E-state index in [0.29, 0.717) is 0 Å². The normalized spacial score (nSPS) is 17.5. The molecule has 11 aromatic carbocycles. The van der Waals surface area contributed by atoms with E-state index < -0.39 is 0 Å². The SMILES string of the molecule is c1ccc(-c2ccccc2-c2ccccc2-c2ccccc2N(c2ccc(-c3ccc4c(c3)C3(CC5CCC3C5)c3ccccc3-4)cc2)c2ccc(-c3ccc4c(ccc5ccccc54)c3)cc2)cc1. The molecule has 0 saturated heterocycles. The molecule has 2 fully saturated rings. The summed E-state index contributed by atoms with van der Waals surface area (Å²) in [5.41, 5.74) is 21.7. The van der Waals surface area contributed by atoms with Gasteiger partial charge < -0.3 is 4.90 Å². The zero-order valence-corrected chi connectivity index (χ0v) is 39.1. The van der Waals surface area contributed by atoms with Crippen molar-refractivity contribution in [2.24, 2.45) is 11.8 Å². The highest BCUT2D eigenvalue weighted by Crippen LogP contribution is 2.66. The van der Waals surface area contributed by atoms with Crippen molar-refractivity contribution in [3.8, 4) is 66.8 Å². The summed E-state index contributed by atoms with van der Waals surface area (Å²) in [5, 5.41) is 5.10. The lowest BCUT2D eigenvalue weighted by Crippen LogP contribution is -2.31. The van der Waals surface area contributed by atoms with Crippen molar-refractivity contribution in [2.75, 3.05) is 4.90 Å². The van der Waals surface area contributed by atoms with Gasteiger partial charge in [-0.25, -0.2) is 0 Å². The van der Waals surface area contributed by atoms with E-state index in [1.54, 1.807) is 11.1 Å². The molecule has 14 rings (SSSR count). The van der Waals surface area contributed by atoms with Crippen molar-refractivity contribution in [1.82, 2.24) is 0 Å². The molecule has 2 saturated carbocycles. The van der Waals surface area contributed by atoms with Crippen LogP contribution in [0, 0.1) is 11.8 Å². The van der Waals surface area contributed by atoms with E-state index in [1.807, 2.05) is 0 Å². The minimum atomic E-state index is 0.149. The molecule has 70 heavy (non-hydrogen) atoms. The molecule has 0 radical (unpaired) electrons. The summed E-state index contributed by atoms with van der Waals surface area (Å²) in [5.74, 6) is 1.57. The number of anilines is 3. The maximum atomic E-state index is 2.57. The van der Waals surface area contributed by atoms with E-state index in [2.05, 4.69) is 254 Å². The van der Waals surface area contributed by atoms with E-state index in [9.17, 15) is 0 Å². The molecule has 0 heterocycles. The first kappa shape index (κ1) is 40.8. The van der Waals surface area contributed by atoms with Crippen molar-refractivity contribution >= 4 is 38.6 Å². The minimum absolute atomic E-state index is 0.149. The molecule has 1 heteroatoms. The van der Waals surface area contributed by atoms with E-state index in [0.717, 1.165) is 28.9 Å². The third-order valence-corrected chi connectivity index (χ3v) is 16.4. The second-order valence-electron chi connectivity index (χ2n) is 20.0. The highest BCUT2D eigenvalue weighted by Gasteiger charge is 2.56. The maximum absolute atomic E-state index is 2.57. The lowest BCUT2D eigenvalue weighted by Gasteiger charge is -2.36. The monoisotopic (exact) mass is 893 g/mol. The highest BCUT2D eigenvalue weighted by atomic mass is 15.1. The van der Waals surface area contributed by atoms with Gasteiger partial charge in [-0.15, -0.1) is 0 Å². The summed E-state index contributed by atoms with van der Waals surface area (Å²) in [7, 11) is 0. The van der Waals surface area contributed by atoms with Gasteiger partial charge in [0.2, 0.25) is 0 Å². The van der Waals surface area contributed by atoms with Crippen LogP contribution in [0.25, 0.3) is 88.3 Å². The molecule has 11 aromatic rings. The molecule has 1 nitrogen and oxygen atoms in total. The fourth-order valence-corrected chi connectivity index (χ4v) is 13.2. The molecular weight excluding hydrogens is 843 g/mol. The largest absolute Gasteiger partial charge is 0.310 e. The Bertz CT molecular complexity index is 3790. The summed E-state index contributed by atoms with van der Waals surface area (Å²) < 4.78 is 0. The summed E-state index contributed by atoms with van der Waals surface area (Å²) in [6.45, 7) is 0. The number of rotatable bonds is 8. The number of fused-ring (bicyclic) bond motifs is 11. The van der Waals surface area contributed by atoms with Crippen molar-refractivity contribution in [3.63, 3.8) is 0 Å². The van der Waals surface area contributed by atoms with Crippen molar-refractivity contribution in [2.45, 2.75) is 31.1 Å². The third kappa shape index (κ3) is 6.52. The molecule has 0 aromatic heterocycles. The second kappa shape index (κ2) is 16.5. The summed E-state index contributed by atoms with van der Waals surface area (Å²) in [6, 6.07) is 92.7. The standard InChI is InChI=1S/C69H51N/c1-2-14-49(15-3-1)58-18-6-7-19-60(58)61-20-8-9-21-62(61)65-23-11-13-25-68(65)70(55-36-29-47(30-37-55)51-33-40-59-53(43-51)28-27-50-16-4-5-17-57(50)59)56-38-31-48(32-39-56)52-34-41-64-63-22-10-12-24-66(63)69(67(64)44-52)45-46-26-35-54(69)42-46/h1-25,27-34,36-41,43-44,46,54H,26,35,42,45H2. The predicted molar refractivity (Wildman–Crippen MR) is 295 cm³/mol. The third-order valence-electron chi connectivity index (χ3n) is 16.4. The Kier molecular flexibility index (Phi) is 9.59. The lowest BCUT2D eigenvalue weighted by molar-refractivity contribution is 0.327. The van der Waals surface area contributed by atoms with E-state index in [-0.39, 0.29) is 5.41 Å². The molecule has 3 aliphatic carbocycles. The van der Waals surface area contributed by atoms with Gasteiger partial charge in [-0.05, 0) is 167 Å². The van der Waals surface area contributed by atoms with Gasteiger partial charge in [-0.1, -0.05) is 213 Å². The summed E-state index contributed by atoms with van der Waals surface area (Å²) >= 11 is 0. The molecule has 3 atom stereocenters. The first-order valence-electron chi connectivity index (χ1n) is 25.2. The Labute approximate surface area is 411 Å². The van der Waals surface area contributed by atoms with Crippen molar-refractivity contribution < 1.29 is 0 Å². The van der Waals surface area contributed by atoms with Crippen LogP contribution in [0.4, 0.5) is 17.1 Å². The van der Waals surface area contributed by atoms with Crippen LogP contribution in [0.5, 0.6) is 0 Å². The maximum Gasteiger partial charge on any atom is 0.0540 e. The van der Waals surface area contributed by atoms with Crippen molar-refractivity contribution in [3.05, 3.63) is 260 Å². The van der Waals surface area contributed by atoms with Crippen LogP contribution in [0.3, 0.4) is 0 Å². The first-order chi connectivity index (χ1) is 34.7. The van der Waals surface area contributed by atoms with Gasteiger partial charge in [0.1, 0.15) is 0 Å². The van der Waals surface area contributed by atoms with E-state index >= 15 is 0 Å². The Hall–Kier alpha value is -8.26. The van der Waals surface area contributed by atoms with Crippen LogP contribution in [0.2, 0.25) is 0 Å². The number of hydrogen-bond acceptors (Lipinski definition) is 1. The molecule has 1 spiro atoms. The smallest absolute Gasteiger partial charge is 0.0540 e. The molecule has 3 unspecified atom stereocenters. The number of hydrogen-bond donors (Lipinski definition) is 0. The second-order valence-corrected chi connectivity index (χ2v) is 20.0. The van der Waals surface area contributed by atoms with Gasteiger partial charge in [-0.3, -0.25) is 0 Å². The van der Waals surface area contributed by atoms with Crippen LogP contribution in [0.1, 0.15) is 36.8 Å². The number of benzene rings is 11. The lowest BCUT2D eigenvalue weighted by atomic mass is 9.66. The van der Waals surface area contributed by atoms with Gasteiger partial charge in [0.15, 0.2) is 0 Å². The minimum Gasteiger partial charge on any atom is -0.310 e. The molecule has 0 aliphatic heterocycles. The zero-order chi connectivity index (χ0) is 46.2. The Balaban J connectivity index is 0.886. The van der Waals surface area contributed by atoms with Crippen LogP contribution in [-0.4, -0.2) is 0 Å². The Morgan fingerprint density at radius 3 is 1.57 bits per heavy atom. The van der Waals surface area contributed by atoms with Gasteiger partial charge in [0.25, 0.3) is 0 Å². The Morgan fingerprint density at radius 1 is 0.329 bits per heavy atom. The topological polar surface area (TPSA) is 3.24 Å². The van der Waals surface area contributed by atoms with Crippen LogP contribution < -0.4 is 4.90 Å². The van der Waals surface area contributed by atoms with Gasteiger partial charge in [-0.2, -0.15) is 0 Å². The Morgan fingerprint density at radius 2 is 0.857 bits per heavy atom. The van der Waals surface area contributed by atoms with E-state index in [4.69, 9.17) is 0 Å². The van der Waals surface area contributed by atoms with E-state index in [1.165, 1.54) is 114 Å². The van der Waals surface area contributed by atoms with Crippen molar-refractivity contribution in [1.29, 1.82) is 0 Å². The fraction of sp³-hybridized carbons (Fsp3) is 0.101. The number of para-hydroxylation sites is 1. The summed E-state index contributed by atoms with van der Waals surface area (Å²) in [4.78, 5) is 2.46. The molecule has 0 N–H and O–H groups in total. The van der Waals surface area contributed by atoms with Gasteiger partial charge >= 0.3 is 0 Å². The molecule has 2 bridgehead atoms. The fourth-order valence-electron chi connectivity index (χ4n) is 13.2. The van der Waals surface area contributed by atoms with Crippen LogP contribution >= 0.6 is 0 Å². The molecular formula is C69H51N. The molecule has 0 amide bonds. The first-order valence-corrected chi connectivity index (χ1v) is 25.2. The van der Waals surface area contributed by atoms with Gasteiger partial charge in [0.05, 0.1) is 5.69 Å². The van der Waals surface area contributed by atoms with Crippen LogP contribution in [-0.2, 0) is 5.41 Å². The van der Waals surface area contributed by atoms with Crippen LogP contribution in [0.15, 0.2) is 249 Å². The average Bonchev–Trinajstić information content (AvgIpc) is 4.14. The quantitative estimate of drug-likeness (QED) is 0.137. The molecule has 332 valence electrons. The van der Waals surface area contributed by atoms with Gasteiger partial charge in [0, 0.05) is 22.4 Å². The molecule has 3 aliphatic rings. The summed E-state index contributed by atoms with van der Waals surface area (Å²) in [6.07, 6.45) is 5.39. The predicted octanol–water partition coefficient (Wildman–Crippen LogP) is 18.9. The average molecular weight is 894 g/mol. The zero-order valence-electron chi connectivity index (χ0n) is 39.1.